The monoisotopic (exact) mass is 286 g/mol. The summed E-state index contributed by atoms with van der Waals surface area (Å²) in [5, 5.41) is 20.3. The number of allylic oxidation sites excluding steroid dienone is 2. The molecule has 1 aromatic rings. The molecule has 0 atom stereocenters. The van der Waals surface area contributed by atoms with Crippen molar-refractivity contribution in [2.24, 2.45) is 0 Å². The minimum atomic E-state index is -0.752. The van der Waals surface area contributed by atoms with Crippen molar-refractivity contribution in [2.45, 2.75) is 6.92 Å². The van der Waals surface area contributed by atoms with Crippen LogP contribution >= 0.6 is 0 Å². The van der Waals surface area contributed by atoms with Crippen LogP contribution in [0.25, 0.3) is 6.08 Å². The molecule has 0 radical (unpaired) electrons. The molecule has 6 nitrogen and oxygen atoms in total. The van der Waals surface area contributed by atoms with Crippen molar-refractivity contribution in [2.75, 3.05) is 7.11 Å². The summed E-state index contributed by atoms with van der Waals surface area (Å²) < 4.78 is 4.96. The maximum atomic E-state index is 11.5. The van der Waals surface area contributed by atoms with Gasteiger partial charge in [-0.25, -0.2) is 0 Å². The second-order valence-corrected chi connectivity index (χ2v) is 3.99. The zero-order valence-electron chi connectivity index (χ0n) is 11.6. The number of hydrogen-bond acceptors (Lipinski definition) is 5. The van der Waals surface area contributed by atoms with E-state index in [0.29, 0.717) is 11.3 Å². The van der Waals surface area contributed by atoms with Crippen LogP contribution in [0.5, 0.6) is 11.5 Å². The number of hydrogen-bond donors (Lipinski definition) is 2. The lowest BCUT2D eigenvalue weighted by molar-refractivity contribution is -0.126. The number of nitriles is 1. The second-order valence-electron chi connectivity index (χ2n) is 3.99. The highest BCUT2D eigenvalue weighted by Gasteiger charge is 2.08. The highest BCUT2D eigenvalue weighted by molar-refractivity contribution is 6.06. The fourth-order valence-electron chi connectivity index (χ4n) is 1.44. The van der Waals surface area contributed by atoms with E-state index in [9.17, 15) is 14.7 Å². The lowest BCUT2D eigenvalue weighted by Crippen LogP contribution is -2.28. The Hall–Kier alpha value is -3.07. The smallest absolute Gasteiger partial charge is 0.268 e. The van der Waals surface area contributed by atoms with Gasteiger partial charge in [0.2, 0.25) is 5.91 Å². The van der Waals surface area contributed by atoms with E-state index in [0.717, 1.165) is 0 Å². The van der Waals surface area contributed by atoms with Gasteiger partial charge in [-0.3, -0.25) is 14.9 Å². The van der Waals surface area contributed by atoms with Crippen LogP contribution in [-0.2, 0) is 9.59 Å². The molecule has 21 heavy (non-hydrogen) atoms. The number of nitrogens with one attached hydrogen (secondary N) is 1. The van der Waals surface area contributed by atoms with Crippen LogP contribution in [-0.4, -0.2) is 24.0 Å². The number of nitrogens with zero attached hydrogens (tertiary/aromatic N) is 1. The topological polar surface area (TPSA) is 99.4 Å². The third kappa shape index (κ3) is 4.84. The van der Waals surface area contributed by atoms with Crippen molar-refractivity contribution in [3.63, 3.8) is 0 Å². The Balaban J connectivity index is 2.89. The van der Waals surface area contributed by atoms with Gasteiger partial charge >= 0.3 is 0 Å². The molecule has 0 spiro atoms. The van der Waals surface area contributed by atoms with E-state index in [1.54, 1.807) is 24.3 Å². The Morgan fingerprint density at radius 3 is 2.71 bits per heavy atom. The number of rotatable bonds is 4. The molecule has 0 aliphatic carbocycles. The van der Waals surface area contributed by atoms with E-state index in [1.165, 1.54) is 32.3 Å². The number of aromatic hydroxyl groups is 1. The van der Waals surface area contributed by atoms with Crippen molar-refractivity contribution < 1.29 is 19.4 Å². The molecule has 1 aromatic carbocycles. The zero-order valence-corrected chi connectivity index (χ0v) is 11.6. The van der Waals surface area contributed by atoms with Crippen LogP contribution in [0.4, 0.5) is 0 Å². The van der Waals surface area contributed by atoms with E-state index < -0.39 is 11.8 Å². The standard InChI is InChI=1S/C15H14N2O4/c1-10(18)17-15(20)12(9-16)5-3-4-11-6-7-13(19)14(8-11)21-2/h3-8,19H,1-2H3,(H,17,18,20)/b4-3+,12-5+. The van der Waals surface area contributed by atoms with Gasteiger partial charge in [0.15, 0.2) is 11.5 Å². The number of imide groups is 1. The third-order valence-corrected chi connectivity index (χ3v) is 2.41. The Labute approximate surface area is 122 Å². The molecule has 2 N–H and O–H groups in total. The fourth-order valence-corrected chi connectivity index (χ4v) is 1.44. The van der Waals surface area contributed by atoms with Gasteiger partial charge in [0.25, 0.3) is 5.91 Å². The lowest BCUT2D eigenvalue weighted by atomic mass is 10.1. The quantitative estimate of drug-likeness (QED) is 0.496. The Morgan fingerprint density at radius 2 is 2.14 bits per heavy atom. The molecule has 0 fully saturated rings. The van der Waals surface area contributed by atoms with E-state index in [4.69, 9.17) is 10.00 Å². The number of carbonyl (C=O) groups excluding carboxylic acids is 2. The molecule has 108 valence electrons. The molecule has 0 aliphatic rings. The summed E-state index contributed by atoms with van der Waals surface area (Å²) in [5.41, 5.74) is 0.525. The number of methoxy groups -OCH3 is 1. The normalized spacial score (nSPS) is 11.0. The van der Waals surface area contributed by atoms with Gasteiger partial charge in [-0.1, -0.05) is 18.2 Å². The van der Waals surface area contributed by atoms with Gasteiger partial charge < -0.3 is 9.84 Å². The SMILES string of the molecule is COc1cc(/C=C/C=C(\C#N)C(=O)NC(C)=O)ccc1O. The van der Waals surface area contributed by atoms with Gasteiger partial charge in [0.05, 0.1) is 7.11 Å². The lowest BCUT2D eigenvalue weighted by Gasteiger charge is -2.03. The van der Waals surface area contributed by atoms with Crippen molar-refractivity contribution in [1.82, 2.24) is 5.32 Å². The third-order valence-electron chi connectivity index (χ3n) is 2.41. The van der Waals surface area contributed by atoms with Crippen molar-refractivity contribution >= 4 is 17.9 Å². The number of carbonyl (C=O) groups is 2. The molecule has 0 saturated heterocycles. The van der Waals surface area contributed by atoms with Crippen LogP contribution in [0.15, 0.2) is 35.9 Å². The molecule has 0 unspecified atom stereocenters. The summed E-state index contributed by atoms with van der Waals surface area (Å²) in [6.07, 6.45) is 4.40. The molecule has 0 aromatic heterocycles. The van der Waals surface area contributed by atoms with Gasteiger partial charge in [-0.05, 0) is 23.8 Å². The first-order chi connectivity index (χ1) is 9.97. The van der Waals surface area contributed by atoms with Crippen molar-refractivity contribution in [3.8, 4) is 17.6 Å². The fraction of sp³-hybridized carbons (Fsp3) is 0.133. The van der Waals surface area contributed by atoms with Crippen LogP contribution in [0.3, 0.4) is 0 Å². The predicted molar refractivity (Wildman–Crippen MR) is 76.2 cm³/mol. The summed E-state index contributed by atoms with van der Waals surface area (Å²) >= 11 is 0. The number of phenols is 1. The highest BCUT2D eigenvalue weighted by Crippen LogP contribution is 2.26. The minimum Gasteiger partial charge on any atom is -0.504 e. The second kappa shape index (κ2) is 7.50. The Bertz CT molecular complexity index is 654. The summed E-state index contributed by atoms with van der Waals surface area (Å²) in [7, 11) is 1.43. The molecule has 0 bridgehead atoms. The van der Waals surface area contributed by atoms with E-state index in [2.05, 4.69) is 0 Å². The predicted octanol–water partition coefficient (Wildman–Crippen LogP) is 1.53. The van der Waals surface area contributed by atoms with Crippen LogP contribution in [0.1, 0.15) is 12.5 Å². The number of phenolic OH excluding ortho intramolecular Hbond substituents is 1. The zero-order chi connectivity index (χ0) is 15.8. The van der Waals surface area contributed by atoms with Crippen LogP contribution < -0.4 is 10.1 Å². The minimum absolute atomic E-state index is 0.0174. The molecule has 0 aliphatic heterocycles. The van der Waals surface area contributed by atoms with Crippen LogP contribution in [0.2, 0.25) is 0 Å². The number of benzene rings is 1. The molecule has 6 heteroatoms. The Kier molecular flexibility index (Phi) is 5.71. The maximum absolute atomic E-state index is 11.5. The number of ether oxygens (including phenoxy) is 1. The maximum Gasteiger partial charge on any atom is 0.268 e. The van der Waals surface area contributed by atoms with Crippen molar-refractivity contribution in [3.05, 3.63) is 41.5 Å². The highest BCUT2D eigenvalue weighted by atomic mass is 16.5. The first-order valence-electron chi connectivity index (χ1n) is 5.95. The Morgan fingerprint density at radius 1 is 1.43 bits per heavy atom. The summed E-state index contributed by atoms with van der Waals surface area (Å²) in [6.45, 7) is 1.19. The van der Waals surface area contributed by atoms with Gasteiger partial charge in [-0.15, -0.1) is 0 Å². The van der Waals surface area contributed by atoms with Gasteiger partial charge in [0, 0.05) is 6.92 Å². The van der Waals surface area contributed by atoms with E-state index in [1.807, 2.05) is 5.32 Å². The molecular weight excluding hydrogens is 272 g/mol. The average Bonchev–Trinajstić information content (AvgIpc) is 2.44. The molecule has 0 heterocycles. The molecule has 1 rings (SSSR count). The van der Waals surface area contributed by atoms with Gasteiger partial charge in [0.1, 0.15) is 11.6 Å². The first-order valence-corrected chi connectivity index (χ1v) is 5.95. The van der Waals surface area contributed by atoms with E-state index >= 15 is 0 Å². The summed E-state index contributed by atoms with van der Waals surface area (Å²) in [6, 6.07) is 6.42. The van der Waals surface area contributed by atoms with Gasteiger partial charge in [-0.2, -0.15) is 5.26 Å². The number of amides is 2. The summed E-state index contributed by atoms with van der Waals surface area (Å²) in [5.74, 6) is -0.953. The molecular formula is C15H14N2O4. The molecule has 2 amide bonds. The summed E-state index contributed by atoms with van der Waals surface area (Å²) in [4.78, 5) is 22.2. The largest absolute Gasteiger partial charge is 0.504 e. The van der Waals surface area contributed by atoms with E-state index in [-0.39, 0.29) is 11.3 Å². The van der Waals surface area contributed by atoms with Crippen LogP contribution in [0, 0.1) is 11.3 Å². The molecule has 0 saturated carbocycles. The first kappa shape index (κ1) is 16.0. The van der Waals surface area contributed by atoms with Crippen molar-refractivity contribution in [1.29, 1.82) is 5.26 Å². The average molecular weight is 286 g/mol.